The minimum absolute atomic E-state index is 0.00950. The van der Waals surface area contributed by atoms with E-state index in [2.05, 4.69) is 0 Å². The molecule has 1 aliphatic heterocycles. The summed E-state index contributed by atoms with van der Waals surface area (Å²) >= 11 is 1.25. The van der Waals surface area contributed by atoms with Gasteiger partial charge < -0.3 is 5.73 Å². The molecule has 4 nitrogen and oxygen atoms in total. The Kier molecular flexibility index (Phi) is 2.61. The molecule has 6 heteroatoms. The number of hydrogen-bond donors (Lipinski definition) is 1. The number of sulfonamides is 1. The van der Waals surface area contributed by atoms with Crippen molar-refractivity contribution < 1.29 is 8.42 Å². The topological polar surface area (TPSA) is 63.4 Å². The Morgan fingerprint density at radius 3 is 2.86 bits per heavy atom. The average Bonchev–Trinajstić information content (AvgIpc) is 2.72. The molecule has 78 valence electrons. The second-order valence-electron chi connectivity index (χ2n) is 3.34. The van der Waals surface area contributed by atoms with Gasteiger partial charge in [-0.1, -0.05) is 6.07 Å². The van der Waals surface area contributed by atoms with Gasteiger partial charge >= 0.3 is 0 Å². The van der Waals surface area contributed by atoms with Crippen LogP contribution in [0.2, 0.25) is 0 Å². The first-order valence-corrected chi connectivity index (χ1v) is 6.72. The van der Waals surface area contributed by atoms with Crippen molar-refractivity contribution in [2.75, 3.05) is 13.1 Å². The lowest BCUT2D eigenvalue weighted by Gasteiger charge is -2.13. The molecule has 1 fully saturated rings. The van der Waals surface area contributed by atoms with Crippen LogP contribution in [0, 0.1) is 0 Å². The van der Waals surface area contributed by atoms with E-state index in [1.54, 1.807) is 17.5 Å². The lowest BCUT2D eigenvalue weighted by Crippen LogP contribution is -2.31. The second-order valence-corrected chi connectivity index (χ2v) is 6.46. The van der Waals surface area contributed by atoms with Crippen LogP contribution in [0.3, 0.4) is 0 Å². The first kappa shape index (κ1) is 10.1. The third-order valence-corrected chi connectivity index (χ3v) is 5.51. The molecule has 2 N–H and O–H groups in total. The van der Waals surface area contributed by atoms with Crippen molar-refractivity contribution >= 4 is 21.4 Å². The normalized spacial score (nSPS) is 24.2. The molecule has 2 heterocycles. The van der Waals surface area contributed by atoms with Gasteiger partial charge in [-0.3, -0.25) is 0 Å². The fraction of sp³-hybridized carbons (Fsp3) is 0.500. The highest BCUT2D eigenvalue weighted by Gasteiger charge is 2.31. The summed E-state index contributed by atoms with van der Waals surface area (Å²) in [5, 5.41) is 1.77. The number of thiophene rings is 1. The lowest BCUT2D eigenvalue weighted by atomic mass is 10.3. The highest BCUT2D eigenvalue weighted by molar-refractivity contribution is 7.91. The van der Waals surface area contributed by atoms with Gasteiger partial charge in [-0.15, -0.1) is 11.3 Å². The van der Waals surface area contributed by atoms with E-state index < -0.39 is 10.0 Å². The fourth-order valence-corrected chi connectivity index (χ4v) is 4.17. The molecule has 0 radical (unpaired) electrons. The van der Waals surface area contributed by atoms with Crippen LogP contribution < -0.4 is 5.73 Å². The van der Waals surface area contributed by atoms with E-state index in [1.807, 2.05) is 0 Å². The highest BCUT2D eigenvalue weighted by Crippen LogP contribution is 2.23. The van der Waals surface area contributed by atoms with Crippen LogP contribution in [0.25, 0.3) is 0 Å². The summed E-state index contributed by atoms with van der Waals surface area (Å²) in [5.41, 5.74) is 5.67. The standard InChI is InChI=1S/C8H12N2O2S2/c9-7-3-4-10(6-7)14(11,12)8-2-1-5-13-8/h1-2,5,7H,3-4,6,9H2/t7-/m1/s1. The molecule has 1 saturated heterocycles. The van der Waals surface area contributed by atoms with Gasteiger partial charge in [-0.2, -0.15) is 4.31 Å². The van der Waals surface area contributed by atoms with Gasteiger partial charge in [0.25, 0.3) is 10.0 Å². The van der Waals surface area contributed by atoms with Crippen LogP contribution in [0.4, 0.5) is 0 Å². The maximum absolute atomic E-state index is 11.9. The molecule has 0 unspecified atom stereocenters. The van der Waals surface area contributed by atoms with Crippen molar-refractivity contribution in [3.05, 3.63) is 17.5 Å². The van der Waals surface area contributed by atoms with Gasteiger partial charge in [0.2, 0.25) is 0 Å². The average molecular weight is 232 g/mol. The van der Waals surface area contributed by atoms with Crippen molar-refractivity contribution in [1.29, 1.82) is 0 Å². The third-order valence-electron chi connectivity index (χ3n) is 2.28. The van der Waals surface area contributed by atoms with E-state index in [0.717, 1.165) is 6.42 Å². The SMILES string of the molecule is N[C@@H]1CCN(S(=O)(=O)c2cccs2)C1. The van der Waals surface area contributed by atoms with Crippen LogP contribution in [-0.4, -0.2) is 31.9 Å². The molecule has 0 bridgehead atoms. The largest absolute Gasteiger partial charge is 0.326 e. The molecule has 0 aliphatic carbocycles. The molecular formula is C8H12N2O2S2. The van der Waals surface area contributed by atoms with E-state index in [0.29, 0.717) is 17.3 Å². The van der Waals surface area contributed by atoms with E-state index in [9.17, 15) is 8.42 Å². The Hall–Kier alpha value is -0.430. The highest BCUT2D eigenvalue weighted by atomic mass is 32.2. The summed E-state index contributed by atoms with van der Waals surface area (Å²) in [4.78, 5) is 0. The van der Waals surface area contributed by atoms with Crippen LogP contribution in [0.15, 0.2) is 21.7 Å². The molecule has 14 heavy (non-hydrogen) atoms. The summed E-state index contributed by atoms with van der Waals surface area (Å²) in [7, 11) is -3.26. The van der Waals surface area contributed by atoms with Gasteiger partial charge in [0.1, 0.15) is 4.21 Å². The molecule has 0 amide bonds. The van der Waals surface area contributed by atoms with E-state index in [1.165, 1.54) is 15.6 Å². The lowest BCUT2D eigenvalue weighted by molar-refractivity contribution is 0.474. The predicted octanol–water partition coefficient (Wildman–Crippen LogP) is 0.470. The Labute approximate surface area is 87.4 Å². The summed E-state index contributed by atoms with van der Waals surface area (Å²) in [6, 6.07) is 3.36. The number of rotatable bonds is 2. The smallest absolute Gasteiger partial charge is 0.252 e. The summed E-state index contributed by atoms with van der Waals surface area (Å²) in [6.07, 6.45) is 0.755. The van der Waals surface area contributed by atoms with Crippen molar-refractivity contribution in [2.45, 2.75) is 16.7 Å². The Balaban J connectivity index is 2.26. The molecule has 0 saturated carbocycles. The number of nitrogens with zero attached hydrogens (tertiary/aromatic N) is 1. The first-order chi connectivity index (χ1) is 6.60. The van der Waals surface area contributed by atoms with E-state index in [4.69, 9.17) is 5.73 Å². The van der Waals surface area contributed by atoms with Crippen molar-refractivity contribution in [2.24, 2.45) is 5.73 Å². The Morgan fingerprint density at radius 2 is 2.36 bits per heavy atom. The number of hydrogen-bond acceptors (Lipinski definition) is 4. The maximum Gasteiger partial charge on any atom is 0.252 e. The molecule has 1 aromatic rings. The second kappa shape index (κ2) is 3.62. The van der Waals surface area contributed by atoms with Crippen LogP contribution in [0.1, 0.15) is 6.42 Å². The molecule has 0 spiro atoms. The van der Waals surface area contributed by atoms with Crippen LogP contribution in [0.5, 0.6) is 0 Å². The molecular weight excluding hydrogens is 220 g/mol. The van der Waals surface area contributed by atoms with Crippen LogP contribution in [-0.2, 0) is 10.0 Å². The van der Waals surface area contributed by atoms with Gasteiger partial charge in [0.15, 0.2) is 0 Å². The van der Waals surface area contributed by atoms with E-state index >= 15 is 0 Å². The minimum Gasteiger partial charge on any atom is -0.326 e. The van der Waals surface area contributed by atoms with Gasteiger partial charge in [-0.05, 0) is 17.9 Å². The fourth-order valence-electron chi connectivity index (χ4n) is 1.51. The monoisotopic (exact) mass is 232 g/mol. The molecule has 2 rings (SSSR count). The quantitative estimate of drug-likeness (QED) is 0.806. The summed E-state index contributed by atoms with van der Waals surface area (Å²) in [6.45, 7) is 0.988. The van der Waals surface area contributed by atoms with Crippen molar-refractivity contribution in [3.63, 3.8) is 0 Å². The Morgan fingerprint density at radius 1 is 1.57 bits per heavy atom. The Bertz CT molecular complexity index is 399. The van der Waals surface area contributed by atoms with Gasteiger partial charge in [0.05, 0.1) is 0 Å². The molecule has 0 aromatic carbocycles. The van der Waals surface area contributed by atoms with Gasteiger partial charge in [0, 0.05) is 19.1 Å². The van der Waals surface area contributed by atoms with Gasteiger partial charge in [-0.25, -0.2) is 8.42 Å². The molecule has 1 aromatic heterocycles. The molecule has 1 atom stereocenters. The maximum atomic E-state index is 11.9. The van der Waals surface area contributed by atoms with Crippen LogP contribution >= 0.6 is 11.3 Å². The predicted molar refractivity (Wildman–Crippen MR) is 55.7 cm³/mol. The summed E-state index contributed by atoms with van der Waals surface area (Å²) in [5.74, 6) is 0. The third kappa shape index (κ3) is 1.70. The number of nitrogens with two attached hydrogens (primary N) is 1. The zero-order chi connectivity index (χ0) is 10.2. The van der Waals surface area contributed by atoms with E-state index in [-0.39, 0.29) is 6.04 Å². The summed E-state index contributed by atoms with van der Waals surface area (Å²) < 4.78 is 25.7. The zero-order valence-electron chi connectivity index (χ0n) is 7.59. The van der Waals surface area contributed by atoms with Crippen molar-refractivity contribution in [3.8, 4) is 0 Å². The van der Waals surface area contributed by atoms with Crippen molar-refractivity contribution in [1.82, 2.24) is 4.31 Å². The molecule has 1 aliphatic rings. The first-order valence-electron chi connectivity index (χ1n) is 4.40. The zero-order valence-corrected chi connectivity index (χ0v) is 9.22. The minimum atomic E-state index is -3.26.